The number of carbonyl (C=O) groups excluding carboxylic acids is 2. The fourth-order valence-corrected chi connectivity index (χ4v) is 2.46. The minimum atomic E-state index is -4.30. The Morgan fingerprint density at radius 2 is 1.84 bits per heavy atom. The van der Waals surface area contributed by atoms with Gasteiger partial charge < -0.3 is 15.4 Å². The van der Waals surface area contributed by atoms with Crippen LogP contribution in [0.15, 0.2) is 35.9 Å². The van der Waals surface area contributed by atoms with Crippen molar-refractivity contribution in [3.63, 3.8) is 0 Å². The second-order valence-electron chi connectivity index (χ2n) is 7.48. The molecular formula is C20H25F4N5O3. The van der Waals surface area contributed by atoms with Crippen molar-refractivity contribution in [3.8, 4) is 0 Å². The van der Waals surface area contributed by atoms with Crippen LogP contribution in [-0.2, 0) is 14.3 Å². The van der Waals surface area contributed by atoms with Gasteiger partial charge >= 0.3 is 12.3 Å². The van der Waals surface area contributed by atoms with Crippen LogP contribution in [0.25, 0.3) is 0 Å². The first-order chi connectivity index (χ1) is 14.9. The molecule has 0 saturated heterocycles. The van der Waals surface area contributed by atoms with Crippen LogP contribution < -0.4 is 21.5 Å². The van der Waals surface area contributed by atoms with Crippen molar-refractivity contribution in [2.45, 2.75) is 46.1 Å². The fraction of sp³-hybridized carbons (Fsp3) is 0.450. The molecule has 12 heteroatoms. The number of aryl methyl sites for hydroxylation is 1. The SMILES string of the molecule is Cc1cc(C(C)NC(=O)C2=CC=C(OCC(F)(F)C(F)F)NN2)cc(NC(=O)C(C)C)n1. The third-order valence-corrected chi connectivity index (χ3v) is 4.30. The summed E-state index contributed by atoms with van der Waals surface area (Å²) >= 11 is 0. The van der Waals surface area contributed by atoms with Gasteiger partial charge in [0.05, 0.1) is 6.04 Å². The molecule has 0 spiro atoms. The van der Waals surface area contributed by atoms with E-state index in [9.17, 15) is 27.2 Å². The molecule has 2 amide bonds. The molecule has 1 aromatic heterocycles. The monoisotopic (exact) mass is 459 g/mol. The van der Waals surface area contributed by atoms with Gasteiger partial charge in [-0.3, -0.25) is 20.4 Å². The van der Waals surface area contributed by atoms with Gasteiger partial charge in [0, 0.05) is 17.7 Å². The zero-order chi connectivity index (χ0) is 24.1. The summed E-state index contributed by atoms with van der Waals surface area (Å²) in [7, 11) is 0. The van der Waals surface area contributed by atoms with E-state index in [1.165, 1.54) is 6.08 Å². The topological polar surface area (TPSA) is 104 Å². The predicted octanol–water partition coefficient (Wildman–Crippen LogP) is 2.91. The molecule has 1 atom stereocenters. The van der Waals surface area contributed by atoms with Crippen LogP contribution in [0, 0.1) is 12.8 Å². The van der Waals surface area contributed by atoms with E-state index in [0.717, 1.165) is 6.08 Å². The Morgan fingerprint density at radius 1 is 1.16 bits per heavy atom. The lowest BCUT2D eigenvalue weighted by Gasteiger charge is -2.23. The standard InChI is InChI=1S/C20H25F4N5O3/c1-10(2)17(30)27-15-8-13(7-11(3)25-15)12(4)26-18(31)14-5-6-16(29-28-14)32-9-20(23,24)19(21)22/h5-8,10,12,19,28-29H,9H2,1-4H3,(H,26,31)(H,25,27,30). The number of halogens is 4. The molecular weight excluding hydrogens is 434 g/mol. The molecule has 0 bridgehead atoms. The van der Waals surface area contributed by atoms with E-state index in [0.29, 0.717) is 17.1 Å². The summed E-state index contributed by atoms with van der Waals surface area (Å²) in [6.07, 6.45) is -1.44. The number of hydrogen-bond donors (Lipinski definition) is 4. The van der Waals surface area contributed by atoms with Crippen LogP contribution in [0.5, 0.6) is 0 Å². The summed E-state index contributed by atoms with van der Waals surface area (Å²) in [5.74, 6) is -5.12. The first kappa shape index (κ1) is 25.0. The number of hydrogen-bond acceptors (Lipinski definition) is 6. The smallest absolute Gasteiger partial charge is 0.340 e. The number of rotatable bonds is 9. The Labute approximate surface area is 182 Å². The minimum absolute atomic E-state index is 0.0453. The van der Waals surface area contributed by atoms with Gasteiger partial charge in [0.15, 0.2) is 6.61 Å². The molecule has 2 rings (SSSR count). The number of anilines is 1. The largest absolute Gasteiger partial charge is 0.471 e. The molecule has 0 saturated carbocycles. The maximum atomic E-state index is 12.9. The number of aromatic nitrogens is 1. The van der Waals surface area contributed by atoms with Crippen LogP contribution in [-0.4, -0.2) is 35.8 Å². The summed E-state index contributed by atoms with van der Waals surface area (Å²) in [4.78, 5) is 28.6. The Kier molecular flexibility index (Phi) is 8.06. The van der Waals surface area contributed by atoms with E-state index >= 15 is 0 Å². The molecule has 8 nitrogen and oxygen atoms in total. The highest BCUT2D eigenvalue weighted by atomic mass is 19.3. The number of carbonyl (C=O) groups is 2. The summed E-state index contributed by atoms with van der Waals surface area (Å²) in [5.41, 5.74) is 6.19. The van der Waals surface area contributed by atoms with E-state index in [1.54, 1.807) is 39.8 Å². The number of ether oxygens (including phenoxy) is 1. The second-order valence-corrected chi connectivity index (χ2v) is 7.48. The lowest BCUT2D eigenvalue weighted by molar-refractivity contribution is -0.159. The molecule has 0 radical (unpaired) electrons. The van der Waals surface area contributed by atoms with Crippen molar-refractivity contribution in [2.75, 3.05) is 11.9 Å². The highest BCUT2D eigenvalue weighted by molar-refractivity contribution is 5.93. The van der Waals surface area contributed by atoms with Crippen LogP contribution in [0.1, 0.15) is 38.1 Å². The molecule has 1 aliphatic heterocycles. The van der Waals surface area contributed by atoms with Crippen molar-refractivity contribution in [1.82, 2.24) is 21.2 Å². The van der Waals surface area contributed by atoms with Crippen molar-refractivity contribution >= 4 is 17.6 Å². The third kappa shape index (κ3) is 6.86. The van der Waals surface area contributed by atoms with Crippen molar-refractivity contribution in [1.29, 1.82) is 0 Å². The Bertz CT molecular complexity index is 918. The predicted molar refractivity (Wildman–Crippen MR) is 108 cm³/mol. The highest BCUT2D eigenvalue weighted by Gasteiger charge is 2.42. The van der Waals surface area contributed by atoms with E-state index < -0.39 is 30.9 Å². The molecule has 0 fully saturated rings. The van der Waals surface area contributed by atoms with Crippen LogP contribution >= 0.6 is 0 Å². The minimum Gasteiger partial charge on any atom is -0.471 e. The second kappa shape index (κ2) is 10.3. The van der Waals surface area contributed by atoms with E-state index in [-0.39, 0.29) is 23.4 Å². The Balaban J connectivity index is 2.01. The average Bonchev–Trinajstić information content (AvgIpc) is 2.72. The maximum absolute atomic E-state index is 12.9. The van der Waals surface area contributed by atoms with Gasteiger partial charge in [-0.1, -0.05) is 13.8 Å². The van der Waals surface area contributed by atoms with E-state index in [1.807, 2.05) is 0 Å². The summed E-state index contributed by atoms with van der Waals surface area (Å²) in [6.45, 7) is 5.47. The van der Waals surface area contributed by atoms with Crippen molar-refractivity contribution in [3.05, 3.63) is 47.1 Å². The molecule has 0 aliphatic carbocycles. The van der Waals surface area contributed by atoms with Crippen LogP contribution in [0.2, 0.25) is 0 Å². The number of alkyl halides is 4. The molecule has 2 heterocycles. The van der Waals surface area contributed by atoms with E-state index in [2.05, 4.69) is 31.2 Å². The molecule has 0 aromatic carbocycles. The highest BCUT2D eigenvalue weighted by Crippen LogP contribution is 2.24. The van der Waals surface area contributed by atoms with E-state index in [4.69, 9.17) is 0 Å². The molecule has 1 aliphatic rings. The number of allylic oxidation sites excluding steroid dienone is 2. The van der Waals surface area contributed by atoms with Gasteiger partial charge in [-0.25, -0.2) is 13.8 Å². The summed E-state index contributed by atoms with van der Waals surface area (Å²) in [5, 5.41) is 5.45. The van der Waals surface area contributed by atoms with Gasteiger partial charge in [-0.15, -0.1) is 0 Å². The van der Waals surface area contributed by atoms with Crippen LogP contribution in [0.3, 0.4) is 0 Å². The average molecular weight is 459 g/mol. The van der Waals surface area contributed by atoms with Crippen molar-refractivity contribution in [2.24, 2.45) is 5.92 Å². The quantitative estimate of drug-likeness (QED) is 0.424. The third-order valence-electron chi connectivity index (χ3n) is 4.30. The molecule has 4 N–H and O–H groups in total. The maximum Gasteiger partial charge on any atom is 0.340 e. The first-order valence-corrected chi connectivity index (χ1v) is 9.72. The number of nitrogens with one attached hydrogen (secondary N) is 4. The molecule has 32 heavy (non-hydrogen) atoms. The summed E-state index contributed by atoms with van der Waals surface area (Å²) in [6, 6.07) is 2.94. The van der Waals surface area contributed by atoms with Crippen molar-refractivity contribution < 1.29 is 31.9 Å². The van der Waals surface area contributed by atoms with Gasteiger partial charge in [0.25, 0.3) is 5.91 Å². The summed E-state index contributed by atoms with van der Waals surface area (Å²) < 4.78 is 54.8. The zero-order valence-electron chi connectivity index (χ0n) is 17.9. The normalized spacial score (nSPS) is 14.7. The zero-order valence-corrected chi connectivity index (χ0v) is 17.9. The van der Waals surface area contributed by atoms with Gasteiger partial charge in [0.1, 0.15) is 11.5 Å². The first-order valence-electron chi connectivity index (χ1n) is 9.72. The number of nitrogens with zero attached hydrogens (tertiary/aromatic N) is 1. The molecule has 1 unspecified atom stereocenters. The number of hydrazine groups is 1. The number of pyridine rings is 1. The van der Waals surface area contributed by atoms with Crippen LogP contribution in [0.4, 0.5) is 23.4 Å². The van der Waals surface area contributed by atoms with Gasteiger partial charge in [0.2, 0.25) is 11.8 Å². The van der Waals surface area contributed by atoms with Gasteiger partial charge in [-0.2, -0.15) is 8.78 Å². The lowest BCUT2D eigenvalue weighted by atomic mass is 10.1. The molecule has 1 aromatic rings. The Hall–Kier alpha value is -3.31. The van der Waals surface area contributed by atoms with Gasteiger partial charge in [-0.05, 0) is 37.6 Å². The molecule has 176 valence electrons. The number of amides is 2. The lowest BCUT2D eigenvalue weighted by Crippen LogP contribution is -2.42. The Morgan fingerprint density at radius 3 is 2.41 bits per heavy atom. The fourth-order valence-electron chi connectivity index (χ4n) is 2.46.